The summed E-state index contributed by atoms with van der Waals surface area (Å²) in [6.07, 6.45) is 6.45. The first-order valence-corrected chi connectivity index (χ1v) is 10.1. The Morgan fingerprint density at radius 1 is 1.20 bits per heavy atom. The number of rotatable bonds is 7. The first kappa shape index (κ1) is 18.0. The van der Waals surface area contributed by atoms with Gasteiger partial charge in [0, 0.05) is 18.7 Å². The summed E-state index contributed by atoms with van der Waals surface area (Å²) in [7, 11) is 0. The van der Waals surface area contributed by atoms with E-state index in [0.717, 1.165) is 29.6 Å². The molecule has 1 saturated carbocycles. The Hall–Kier alpha value is -1.82. The molecule has 0 bridgehead atoms. The molecule has 0 aliphatic heterocycles. The Bertz CT molecular complexity index is 680. The molecule has 1 aliphatic carbocycles. The smallest absolute Gasteiger partial charge is 0.230 e. The van der Waals surface area contributed by atoms with Crippen molar-refractivity contribution in [3.63, 3.8) is 0 Å². The lowest BCUT2D eigenvalue weighted by Gasteiger charge is -2.21. The second-order valence-corrected chi connectivity index (χ2v) is 7.46. The minimum Gasteiger partial charge on any atom is -0.355 e. The summed E-state index contributed by atoms with van der Waals surface area (Å²) in [6.45, 7) is 3.67. The molecule has 0 radical (unpaired) electrons. The lowest BCUT2D eigenvalue weighted by Crippen LogP contribution is -2.31. The van der Waals surface area contributed by atoms with Crippen LogP contribution in [0.3, 0.4) is 0 Å². The minimum absolute atomic E-state index is 0.0856. The van der Waals surface area contributed by atoms with Crippen LogP contribution < -0.4 is 5.32 Å². The van der Waals surface area contributed by atoms with E-state index in [9.17, 15) is 4.79 Å². The van der Waals surface area contributed by atoms with Gasteiger partial charge in [0.1, 0.15) is 0 Å². The molecule has 1 heterocycles. The van der Waals surface area contributed by atoms with Crippen LogP contribution in [0, 0.1) is 5.92 Å². The fraction of sp³-hybridized carbons (Fsp3) is 0.526. The molecule has 5 nitrogen and oxygen atoms in total. The number of carbonyl (C=O) groups is 1. The van der Waals surface area contributed by atoms with Crippen molar-refractivity contribution in [1.82, 2.24) is 20.1 Å². The van der Waals surface area contributed by atoms with Crippen molar-refractivity contribution < 1.29 is 4.79 Å². The fourth-order valence-corrected chi connectivity index (χ4v) is 4.14. The lowest BCUT2D eigenvalue weighted by molar-refractivity contribution is -0.118. The van der Waals surface area contributed by atoms with E-state index in [2.05, 4.69) is 27.0 Å². The van der Waals surface area contributed by atoms with Gasteiger partial charge in [-0.25, -0.2) is 0 Å². The first-order chi connectivity index (χ1) is 12.3. The molecule has 1 aliphatic rings. The summed E-state index contributed by atoms with van der Waals surface area (Å²) in [4.78, 5) is 12.1. The van der Waals surface area contributed by atoms with Crippen molar-refractivity contribution in [3.05, 3.63) is 30.3 Å². The molecule has 0 atom stereocenters. The number of hydrogen-bond acceptors (Lipinski definition) is 4. The van der Waals surface area contributed by atoms with Gasteiger partial charge < -0.3 is 9.88 Å². The highest BCUT2D eigenvalue weighted by molar-refractivity contribution is 7.99. The number of thioether (sulfide) groups is 1. The number of benzene rings is 1. The molecular weight excluding hydrogens is 332 g/mol. The molecule has 1 aromatic heterocycles. The van der Waals surface area contributed by atoms with Crippen molar-refractivity contribution in [2.75, 3.05) is 12.3 Å². The third-order valence-corrected chi connectivity index (χ3v) is 5.68. The SMILES string of the molecule is CCn1c(SCC(=O)NCC2CCCCC2)nnc1-c1ccccc1. The van der Waals surface area contributed by atoms with Crippen molar-refractivity contribution in [3.8, 4) is 11.4 Å². The second-order valence-electron chi connectivity index (χ2n) is 6.51. The van der Waals surface area contributed by atoms with Gasteiger partial charge in [-0.2, -0.15) is 0 Å². The third kappa shape index (κ3) is 4.84. The highest BCUT2D eigenvalue weighted by Crippen LogP contribution is 2.24. The molecule has 1 N–H and O–H groups in total. The van der Waals surface area contributed by atoms with E-state index < -0.39 is 0 Å². The fourth-order valence-electron chi connectivity index (χ4n) is 3.31. The van der Waals surface area contributed by atoms with E-state index in [-0.39, 0.29) is 5.91 Å². The van der Waals surface area contributed by atoms with Crippen LogP contribution in [0.1, 0.15) is 39.0 Å². The summed E-state index contributed by atoms with van der Waals surface area (Å²) >= 11 is 1.46. The molecule has 1 fully saturated rings. The maximum atomic E-state index is 12.1. The van der Waals surface area contributed by atoms with Crippen molar-refractivity contribution in [2.24, 2.45) is 5.92 Å². The zero-order chi connectivity index (χ0) is 17.5. The predicted octanol–water partition coefficient (Wildman–Crippen LogP) is 3.75. The molecule has 134 valence electrons. The summed E-state index contributed by atoms with van der Waals surface area (Å²) in [6, 6.07) is 10.0. The van der Waals surface area contributed by atoms with Crippen LogP contribution >= 0.6 is 11.8 Å². The van der Waals surface area contributed by atoms with E-state index in [4.69, 9.17) is 0 Å². The Labute approximate surface area is 153 Å². The minimum atomic E-state index is 0.0856. The van der Waals surface area contributed by atoms with Crippen LogP contribution in [-0.4, -0.2) is 33.0 Å². The number of carbonyl (C=O) groups excluding carboxylic acids is 1. The molecule has 0 unspecified atom stereocenters. The Kier molecular flexibility index (Phi) is 6.50. The normalized spacial score (nSPS) is 15.2. The average Bonchev–Trinajstić information content (AvgIpc) is 3.09. The monoisotopic (exact) mass is 358 g/mol. The molecule has 3 rings (SSSR count). The van der Waals surface area contributed by atoms with Gasteiger partial charge in [-0.1, -0.05) is 61.4 Å². The zero-order valence-corrected chi connectivity index (χ0v) is 15.6. The van der Waals surface area contributed by atoms with Crippen LogP contribution in [0.5, 0.6) is 0 Å². The van der Waals surface area contributed by atoms with E-state index in [1.807, 2.05) is 30.3 Å². The first-order valence-electron chi connectivity index (χ1n) is 9.16. The standard InChI is InChI=1S/C19H26N4OS/c1-2-23-18(16-11-7-4-8-12-16)21-22-19(23)25-14-17(24)20-13-15-9-5-3-6-10-15/h4,7-8,11-12,15H,2-3,5-6,9-10,13-14H2,1H3,(H,20,24). The molecule has 0 saturated heterocycles. The molecule has 2 aromatic rings. The van der Waals surface area contributed by atoms with Crippen LogP contribution in [-0.2, 0) is 11.3 Å². The van der Waals surface area contributed by atoms with Crippen LogP contribution in [0.2, 0.25) is 0 Å². The summed E-state index contributed by atoms with van der Waals surface area (Å²) in [5.41, 5.74) is 1.05. The van der Waals surface area contributed by atoms with E-state index in [0.29, 0.717) is 11.7 Å². The molecular formula is C19H26N4OS. The molecule has 1 aromatic carbocycles. The molecule has 25 heavy (non-hydrogen) atoms. The topological polar surface area (TPSA) is 59.8 Å². The maximum absolute atomic E-state index is 12.1. The second kappa shape index (κ2) is 9.04. The maximum Gasteiger partial charge on any atom is 0.230 e. The number of hydrogen-bond donors (Lipinski definition) is 1. The summed E-state index contributed by atoms with van der Waals surface area (Å²) < 4.78 is 2.06. The van der Waals surface area contributed by atoms with Crippen LogP contribution in [0.15, 0.2) is 35.5 Å². The van der Waals surface area contributed by atoms with Gasteiger partial charge in [-0.15, -0.1) is 10.2 Å². The summed E-state index contributed by atoms with van der Waals surface area (Å²) in [5.74, 6) is 1.99. The molecule has 1 amide bonds. The number of aromatic nitrogens is 3. The highest BCUT2D eigenvalue weighted by Gasteiger charge is 2.16. The Balaban J connectivity index is 1.54. The van der Waals surface area contributed by atoms with Gasteiger partial charge in [0.15, 0.2) is 11.0 Å². The molecule has 6 heteroatoms. The summed E-state index contributed by atoms with van der Waals surface area (Å²) in [5, 5.41) is 12.5. The van der Waals surface area contributed by atoms with Gasteiger partial charge in [-0.05, 0) is 25.7 Å². The van der Waals surface area contributed by atoms with Gasteiger partial charge >= 0.3 is 0 Å². The van der Waals surface area contributed by atoms with E-state index >= 15 is 0 Å². The van der Waals surface area contributed by atoms with Gasteiger partial charge in [0.25, 0.3) is 0 Å². The quantitative estimate of drug-likeness (QED) is 0.766. The highest BCUT2D eigenvalue weighted by atomic mass is 32.2. The van der Waals surface area contributed by atoms with Crippen molar-refractivity contribution in [2.45, 2.75) is 50.7 Å². The van der Waals surface area contributed by atoms with E-state index in [1.165, 1.54) is 43.9 Å². The van der Waals surface area contributed by atoms with Gasteiger partial charge in [0.2, 0.25) is 5.91 Å². The van der Waals surface area contributed by atoms with Crippen LogP contribution in [0.25, 0.3) is 11.4 Å². The number of amides is 1. The van der Waals surface area contributed by atoms with Crippen molar-refractivity contribution in [1.29, 1.82) is 0 Å². The number of nitrogens with zero attached hydrogens (tertiary/aromatic N) is 3. The Morgan fingerprint density at radius 2 is 1.96 bits per heavy atom. The lowest BCUT2D eigenvalue weighted by atomic mass is 9.89. The van der Waals surface area contributed by atoms with Crippen molar-refractivity contribution >= 4 is 17.7 Å². The average molecular weight is 359 g/mol. The van der Waals surface area contributed by atoms with E-state index in [1.54, 1.807) is 0 Å². The third-order valence-electron chi connectivity index (χ3n) is 4.71. The number of nitrogens with one attached hydrogen (secondary N) is 1. The van der Waals surface area contributed by atoms with Gasteiger partial charge in [0.05, 0.1) is 5.75 Å². The predicted molar refractivity (Wildman–Crippen MR) is 101 cm³/mol. The largest absolute Gasteiger partial charge is 0.355 e. The Morgan fingerprint density at radius 3 is 2.68 bits per heavy atom. The molecule has 0 spiro atoms. The zero-order valence-electron chi connectivity index (χ0n) is 14.8. The van der Waals surface area contributed by atoms with Gasteiger partial charge in [-0.3, -0.25) is 4.79 Å². The van der Waals surface area contributed by atoms with Crippen LogP contribution in [0.4, 0.5) is 0 Å².